The van der Waals surface area contributed by atoms with Crippen LogP contribution in [-0.4, -0.2) is 151 Å². The minimum Gasteiger partial charge on any atom is -0.465 e. The standard InChI is InChI=1S/C33H59N3O10/c1-19-16-33(6,43-10)28(46-29-26(38)23(34(7)8)15-20(2)45-29)21(3)27(39)32(4,5)30(40)44-18-24(35(9)17-19)25(37)22-11-13-36(14-12-22)31(41)42/h19-26,28-29,37-38H,11-18H2,1-10H3,(H,41,42)/t19-,20-,21+,23+,24-,25-,26-,28-,29+,33-/m1/s1. The van der Waals surface area contributed by atoms with Crippen LogP contribution in [0.25, 0.3) is 0 Å². The maximum atomic E-state index is 14.2. The molecule has 3 heterocycles. The quantitative estimate of drug-likeness (QED) is 0.283. The number of amides is 1. The topological polar surface area (TPSA) is 159 Å². The summed E-state index contributed by atoms with van der Waals surface area (Å²) in [4.78, 5) is 44.5. The van der Waals surface area contributed by atoms with Gasteiger partial charge in [0.1, 0.15) is 18.1 Å². The van der Waals surface area contributed by atoms with E-state index in [1.54, 1.807) is 14.0 Å². The molecule has 266 valence electrons. The van der Waals surface area contributed by atoms with Gasteiger partial charge in [-0.15, -0.1) is 0 Å². The number of carbonyl (C=O) groups is 3. The number of likely N-dealkylation sites (N-methyl/N-ethyl adjacent to an activating group) is 2. The summed E-state index contributed by atoms with van der Waals surface area (Å²) in [5, 5.41) is 32.2. The molecule has 1 amide bonds. The lowest BCUT2D eigenvalue weighted by atomic mass is 9.74. The molecule has 0 radical (unpaired) electrons. The Morgan fingerprint density at radius 1 is 1.11 bits per heavy atom. The third kappa shape index (κ3) is 8.58. The maximum absolute atomic E-state index is 14.2. The van der Waals surface area contributed by atoms with Gasteiger partial charge in [-0.25, -0.2) is 4.79 Å². The minimum atomic E-state index is -1.55. The minimum absolute atomic E-state index is 0.0259. The Balaban J connectivity index is 1.95. The summed E-state index contributed by atoms with van der Waals surface area (Å²) in [7, 11) is 7.23. The molecule has 0 aromatic carbocycles. The summed E-state index contributed by atoms with van der Waals surface area (Å²) >= 11 is 0. The lowest BCUT2D eigenvalue weighted by molar-refractivity contribution is -0.295. The van der Waals surface area contributed by atoms with Crippen molar-refractivity contribution < 1.29 is 48.7 Å². The van der Waals surface area contributed by atoms with Crippen LogP contribution in [0.3, 0.4) is 0 Å². The molecule has 3 fully saturated rings. The summed E-state index contributed by atoms with van der Waals surface area (Å²) in [6.45, 7) is 11.7. The monoisotopic (exact) mass is 657 g/mol. The molecule has 3 rings (SSSR count). The van der Waals surface area contributed by atoms with Gasteiger partial charge in [-0.1, -0.05) is 13.8 Å². The number of piperidine rings is 1. The van der Waals surface area contributed by atoms with Crippen LogP contribution < -0.4 is 0 Å². The number of methoxy groups -OCH3 is 1. The number of Topliss-reactive ketones (excluding diaryl/α,β-unsaturated/α-hetero) is 1. The number of hydrogen-bond acceptors (Lipinski definition) is 11. The molecule has 13 nitrogen and oxygen atoms in total. The highest BCUT2D eigenvalue weighted by Gasteiger charge is 2.52. The molecule has 3 saturated heterocycles. The molecule has 3 aliphatic rings. The third-order valence-electron chi connectivity index (χ3n) is 10.6. The fourth-order valence-electron chi connectivity index (χ4n) is 7.67. The predicted octanol–water partition coefficient (Wildman–Crippen LogP) is 2.07. The van der Waals surface area contributed by atoms with Crippen molar-refractivity contribution in [2.75, 3.05) is 54.5 Å². The number of likely N-dealkylation sites (tertiary alicyclic amines) is 1. The molecule has 46 heavy (non-hydrogen) atoms. The van der Waals surface area contributed by atoms with Crippen molar-refractivity contribution in [2.24, 2.45) is 23.2 Å². The van der Waals surface area contributed by atoms with Gasteiger partial charge in [0.25, 0.3) is 0 Å². The first-order valence-corrected chi connectivity index (χ1v) is 16.6. The van der Waals surface area contributed by atoms with E-state index >= 15 is 0 Å². The fourth-order valence-corrected chi connectivity index (χ4v) is 7.67. The second kappa shape index (κ2) is 15.6. The van der Waals surface area contributed by atoms with E-state index in [9.17, 15) is 29.7 Å². The number of carboxylic acid groups (broad SMARTS) is 1. The summed E-state index contributed by atoms with van der Waals surface area (Å²) in [6, 6.07) is -0.796. The zero-order chi connectivity index (χ0) is 34.7. The van der Waals surface area contributed by atoms with Crippen LogP contribution in [-0.2, 0) is 28.5 Å². The van der Waals surface area contributed by atoms with Crippen molar-refractivity contribution in [2.45, 2.75) is 116 Å². The maximum Gasteiger partial charge on any atom is 0.407 e. The fraction of sp³-hybridized carbons (Fsp3) is 0.909. The van der Waals surface area contributed by atoms with Gasteiger partial charge < -0.3 is 44.1 Å². The lowest BCUT2D eigenvalue weighted by Gasteiger charge is -2.47. The van der Waals surface area contributed by atoms with Crippen LogP contribution in [0.5, 0.6) is 0 Å². The van der Waals surface area contributed by atoms with Gasteiger partial charge in [-0.3, -0.25) is 14.5 Å². The van der Waals surface area contributed by atoms with Crippen LogP contribution in [0.15, 0.2) is 0 Å². The third-order valence-corrected chi connectivity index (χ3v) is 10.6. The van der Waals surface area contributed by atoms with Gasteiger partial charge in [-0.2, -0.15) is 0 Å². The molecule has 13 heteroatoms. The van der Waals surface area contributed by atoms with Crippen LogP contribution in [0.1, 0.15) is 67.2 Å². The van der Waals surface area contributed by atoms with Crippen LogP contribution in [0.2, 0.25) is 0 Å². The van der Waals surface area contributed by atoms with E-state index in [0.29, 0.717) is 45.3 Å². The first-order valence-electron chi connectivity index (χ1n) is 16.6. The van der Waals surface area contributed by atoms with E-state index in [1.807, 2.05) is 44.8 Å². The van der Waals surface area contributed by atoms with Gasteiger partial charge in [0.05, 0.1) is 30.0 Å². The van der Waals surface area contributed by atoms with E-state index in [4.69, 9.17) is 18.9 Å². The number of rotatable bonds is 6. The number of aliphatic hydroxyl groups is 2. The Morgan fingerprint density at radius 2 is 1.72 bits per heavy atom. The van der Waals surface area contributed by atoms with Crippen molar-refractivity contribution in [3.05, 3.63) is 0 Å². The largest absolute Gasteiger partial charge is 0.465 e. The van der Waals surface area contributed by atoms with Crippen molar-refractivity contribution in [1.29, 1.82) is 0 Å². The Kier molecular flexibility index (Phi) is 13.1. The first-order chi connectivity index (χ1) is 21.3. The van der Waals surface area contributed by atoms with Crippen LogP contribution in [0.4, 0.5) is 4.79 Å². The summed E-state index contributed by atoms with van der Waals surface area (Å²) < 4.78 is 24.7. The van der Waals surface area contributed by atoms with Gasteiger partial charge >= 0.3 is 12.1 Å². The molecule has 0 saturated carbocycles. The van der Waals surface area contributed by atoms with Crippen molar-refractivity contribution >= 4 is 17.8 Å². The Morgan fingerprint density at radius 3 is 2.26 bits per heavy atom. The number of hydrogen-bond donors (Lipinski definition) is 3. The van der Waals surface area contributed by atoms with Gasteiger partial charge in [-0.05, 0) is 86.4 Å². The number of ether oxygens (including phenoxy) is 4. The van der Waals surface area contributed by atoms with E-state index in [2.05, 4.69) is 6.92 Å². The number of esters is 1. The number of aliphatic hydroxyl groups excluding tert-OH is 2. The molecule has 3 N–H and O–H groups in total. The highest BCUT2D eigenvalue weighted by atomic mass is 16.7. The second-order valence-corrected chi connectivity index (χ2v) is 14.9. The summed E-state index contributed by atoms with van der Waals surface area (Å²) in [5.74, 6) is -2.16. The predicted molar refractivity (Wildman–Crippen MR) is 170 cm³/mol. The summed E-state index contributed by atoms with van der Waals surface area (Å²) in [5.41, 5.74) is -2.58. The zero-order valence-electron chi connectivity index (χ0n) is 29.5. The normalized spacial score (nSPS) is 38.4. The van der Waals surface area contributed by atoms with Crippen molar-refractivity contribution in [1.82, 2.24) is 14.7 Å². The van der Waals surface area contributed by atoms with Crippen molar-refractivity contribution in [3.63, 3.8) is 0 Å². The zero-order valence-corrected chi connectivity index (χ0v) is 29.5. The Hall–Kier alpha value is -1.87. The SMILES string of the molecule is CO[C@]1(C)C[C@@H](C)CN(C)[C@@H]([C@H](O)C2CCN(C(=O)O)CC2)COC(=O)C(C)(C)C(=O)[C@H](C)[C@H]1O[C@@H]1O[C@H](C)C[C@H](N(C)C)[C@H]1O. The molecular formula is C33H59N3O10. The van der Waals surface area contributed by atoms with Gasteiger partial charge in [0.2, 0.25) is 0 Å². The average Bonchev–Trinajstić information content (AvgIpc) is 2.99. The lowest BCUT2D eigenvalue weighted by Crippen LogP contribution is -2.59. The van der Waals surface area contributed by atoms with Crippen LogP contribution >= 0.6 is 0 Å². The highest BCUT2D eigenvalue weighted by molar-refractivity contribution is 6.04. The molecule has 10 atom stereocenters. The molecule has 3 aliphatic heterocycles. The highest BCUT2D eigenvalue weighted by Crippen LogP contribution is 2.38. The smallest absolute Gasteiger partial charge is 0.407 e. The number of carbonyl (C=O) groups excluding carboxylic acids is 2. The number of cyclic esters (lactones) is 1. The summed E-state index contributed by atoms with van der Waals surface area (Å²) in [6.07, 6.45) is -2.90. The molecular weight excluding hydrogens is 598 g/mol. The van der Waals surface area contributed by atoms with E-state index < -0.39 is 65.4 Å². The first kappa shape index (κ1) is 38.6. The number of ketones is 1. The van der Waals surface area contributed by atoms with Crippen molar-refractivity contribution in [3.8, 4) is 0 Å². The second-order valence-electron chi connectivity index (χ2n) is 14.9. The van der Waals surface area contributed by atoms with E-state index in [1.165, 1.54) is 18.7 Å². The van der Waals surface area contributed by atoms with Gasteiger partial charge in [0, 0.05) is 38.7 Å². The molecule has 0 aromatic heterocycles. The molecule has 0 aromatic rings. The van der Waals surface area contributed by atoms with Crippen LogP contribution in [0, 0.1) is 23.2 Å². The van der Waals surface area contributed by atoms with E-state index in [-0.39, 0.29) is 30.6 Å². The Labute approximate surface area is 274 Å². The Bertz CT molecular complexity index is 1050. The van der Waals surface area contributed by atoms with E-state index in [0.717, 1.165) is 0 Å². The molecule has 0 spiro atoms. The molecule has 0 bridgehead atoms. The van der Waals surface area contributed by atoms with Gasteiger partial charge in [0.15, 0.2) is 12.1 Å². The average molecular weight is 658 g/mol. The molecule has 0 aliphatic carbocycles. The number of nitrogens with zero attached hydrogens (tertiary/aromatic N) is 3. The molecule has 0 unspecified atom stereocenters.